The van der Waals surface area contributed by atoms with Gasteiger partial charge in [-0.15, -0.1) is 11.6 Å². The van der Waals surface area contributed by atoms with Gasteiger partial charge in [0.15, 0.2) is 0 Å². The molecular weight excluding hydrogens is 336 g/mol. The standard InChI is InChI=1S/C12H13ClINO/c13-6-10-5-12(16)15(8-10)7-9-1-3-11(14)4-2-9/h1-4,10H,5-8H2. The van der Waals surface area contributed by atoms with Gasteiger partial charge in [-0.1, -0.05) is 12.1 Å². The van der Waals surface area contributed by atoms with E-state index in [4.69, 9.17) is 11.6 Å². The lowest BCUT2D eigenvalue weighted by molar-refractivity contribution is -0.128. The number of hydrogen-bond acceptors (Lipinski definition) is 1. The van der Waals surface area contributed by atoms with E-state index in [2.05, 4.69) is 46.9 Å². The Morgan fingerprint density at radius 2 is 2.06 bits per heavy atom. The maximum atomic E-state index is 11.7. The van der Waals surface area contributed by atoms with E-state index in [1.54, 1.807) is 0 Å². The van der Waals surface area contributed by atoms with Crippen molar-refractivity contribution in [1.82, 2.24) is 4.90 Å². The monoisotopic (exact) mass is 349 g/mol. The Balaban J connectivity index is 2.00. The lowest BCUT2D eigenvalue weighted by Crippen LogP contribution is -2.24. The van der Waals surface area contributed by atoms with E-state index in [1.807, 2.05) is 4.90 Å². The number of benzene rings is 1. The molecule has 1 aliphatic rings. The molecule has 1 amide bonds. The second-order valence-electron chi connectivity index (χ2n) is 4.13. The maximum absolute atomic E-state index is 11.7. The third kappa shape index (κ3) is 2.88. The van der Waals surface area contributed by atoms with Crippen LogP contribution < -0.4 is 0 Å². The molecular formula is C12H13ClINO. The summed E-state index contributed by atoms with van der Waals surface area (Å²) in [6, 6.07) is 8.27. The molecule has 1 aromatic carbocycles. The summed E-state index contributed by atoms with van der Waals surface area (Å²) in [5.41, 5.74) is 1.18. The first-order valence-corrected chi connectivity index (χ1v) is 6.88. The summed E-state index contributed by atoms with van der Waals surface area (Å²) in [5.74, 6) is 1.14. The number of halogens is 2. The minimum atomic E-state index is 0.226. The number of likely N-dealkylation sites (tertiary alicyclic amines) is 1. The minimum absolute atomic E-state index is 0.226. The van der Waals surface area contributed by atoms with Crippen LogP contribution in [0.4, 0.5) is 0 Å². The van der Waals surface area contributed by atoms with Crippen molar-refractivity contribution in [2.75, 3.05) is 12.4 Å². The zero-order valence-corrected chi connectivity index (χ0v) is 11.7. The van der Waals surface area contributed by atoms with Crippen LogP contribution in [0.25, 0.3) is 0 Å². The average molecular weight is 350 g/mol. The number of amides is 1. The summed E-state index contributed by atoms with van der Waals surface area (Å²) in [6.07, 6.45) is 0.605. The number of hydrogen-bond donors (Lipinski definition) is 0. The Labute approximate surface area is 114 Å². The average Bonchev–Trinajstić information content (AvgIpc) is 2.63. The fourth-order valence-electron chi connectivity index (χ4n) is 1.92. The van der Waals surface area contributed by atoms with E-state index < -0.39 is 0 Å². The molecule has 16 heavy (non-hydrogen) atoms. The third-order valence-electron chi connectivity index (χ3n) is 2.80. The molecule has 2 nitrogen and oxygen atoms in total. The second kappa shape index (κ2) is 5.36. The number of carbonyl (C=O) groups excluding carboxylic acids is 1. The van der Waals surface area contributed by atoms with Crippen LogP contribution in [0.15, 0.2) is 24.3 Å². The molecule has 1 unspecified atom stereocenters. The van der Waals surface area contributed by atoms with Gasteiger partial charge < -0.3 is 4.90 Å². The predicted molar refractivity (Wildman–Crippen MR) is 73.4 cm³/mol. The van der Waals surface area contributed by atoms with E-state index in [9.17, 15) is 4.79 Å². The van der Waals surface area contributed by atoms with Gasteiger partial charge in [0.2, 0.25) is 5.91 Å². The van der Waals surface area contributed by atoms with Crippen molar-refractivity contribution in [2.45, 2.75) is 13.0 Å². The van der Waals surface area contributed by atoms with Crippen LogP contribution in [0.2, 0.25) is 0 Å². The first kappa shape index (κ1) is 12.2. The van der Waals surface area contributed by atoms with E-state index in [-0.39, 0.29) is 5.91 Å². The van der Waals surface area contributed by atoms with Crippen LogP contribution in [-0.4, -0.2) is 23.2 Å². The highest BCUT2D eigenvalue weighted by molar-refractivity contribution is 14.1. The summed E-state index contributed by atoms with van der Waals surface area (Å²) in [5, 5.41) is 0. The molecule has 1 heterocycles. The first-order chi connectivity index (χ1) is 7.69. The SMILES string of the molecule is O=C1CC(CCl)CN1Cc1ccc(I)cc1. The highest BCUT2D eigenvalue weighted by Crippen LogP contribution is 2.21. The molecule has 1 fully saturated rings. The summed E-state index contributed by atoms with van der Waals surface area (Å²) in [7, 11) is 0. The molecule has 0 aliphatic carbocycles. The molecule has 0 N–H and O–H groups in total. The fourth-order valence-corrected chi connectivity index (χ4v) is 2.49. The van der Waals surface area contributed by atoms with Crippen molar-refractivity contribution in [3.05, 3.63) is 33.4 Å². The summed E-state index contributed by atoms with van der Waals surface area (Å²) < 4.78 is 1.22. The zero-order chi connectivity index (χ0) is 11.5. The van der Waals surface area contributed by atoms with Crippen molar-refractivity contribution in [3.63, 3.8) is 0 Å². The van der Waals surface area contributed by atoms with Crippen molar-refractivity contribution >= 4 is 40.1 Å². The van der Waals surface area contributed by atoms with E-state index in [0.717, 1.165) is 6.54 Å². The first-order valence-electron chi connectivity index (χ1n) is 5.27. The minimum Gasteiger partial charge on any atom is -0.338 e. The maximum Gasteiger partial charge on any atom is 0.223 e. The van der Waals surface area contributed by atoms with Gasteiger partial charge in [0.25, 0.3) is 0 Å². The lowest BCUT2D eigenvalue weighted by Gasteiger charge is -2.16. The van der Waals surface area contributed by atoms with Crippen LogP contribution in [0.1, 0.15) is 12.0 Å². The van der Waals surface area contributed by atoms with Crippen molar-refractivity contribution in [2.24, 2.45) is 5.92 Å². The fraction of sp³-hybridized carbons (Fsp3) is 0.417. The van der Waals surface area contributed by atoms with Gasteiger partial charge in [0.1, 0.15) is 0 Å². The molecule has 4 heteroatoms. The van der Waals surface area contributed by atoms with Gasteiger partial charge in [-0.3, -0.25) is 4.79 Å². The lowest BCUT2D eigenvalue weighted by atomic mass is 10.1. The molecule has 0 saturated carbocycles. The summed E-state index contributed by atoms with van der Waals surface area (Å²) in [6.45, 7) is 1.51. The van der Waals surface area contributed by atoms with Crippen LogP contribution in [0.3, 0.4) is 0 Å². The molecule has 1 aliphatic heterocycles. The Kier molecular flexibility index (Phi) is 4.08. The highest BCUT2D eigenvalue weighted by Gasteiger charge is 2.28. The van der Waals surface area contributed by atoms with E-state index in [0.29, 0.717) is 24.8 Å². The Morgan fingerprint density at radius 3 is 2.62 bits per heavy atom. The summed E-state index contributed by atoms with van der Waals surface area (Å²) >= 11 is 8.06. The van der Waals surface area contributed by atoms with Gasteiger partial charge in [-0.05, 0) is 46.2 Å². The molecule has 1 atom stereocenters. The van der Waals surface area contributed by atoms with Crippen LogP contribution in [0, 0.1) is 9.49 Å². The quantitative estimate of drug-likeness (QED) is 0.607. The smallest absolute Gasteiger partial charge is 0.223 e. The molecule has 86 valence electrons. The number of rotatable bonds is 3. The van der Waals surface area contributed by atoms with Crippen molar-refractivity contribution < 1.29 is 4.79 Å². The molecule has 1 aromatic rings. The van der Waals surface area contributed by atoms with Gasteiger partial charge in [-0.25, -0.2) is 0 Å². The normalized spacial score (nSPS) is 20.5. The third-order valence-corrected chi connectivity index (χ3v) is 3.96. The Morgan fingerprint density at radius 1 is 1.38 bits per heavy atom. The molecule has 0 bridgehead atoms. The van der Waals surface area contributed by atoms with E-state index >= 15 is 0 Å². The molecule has 2 rings (SSSR count). The van der Waals surface area contributed by atoms with Gasteiger partial charge in [0.05, 0.1) is 0 Å². The number of carbonyl (C=O) groups is 1. The topological polar surface area (TPSA) is 20.3 Å². The van der Waals surface area contributed by atoms with Crippen LogP contribution >= 0.6 is 34.2 Å². The number of nitrogens with zero attached hydrogens (tertiary/aromatic N) is 1. The predicted octanol–water partition coefficient (Wildman–Crippen LogP) is 2.88. The molecule has 1 saturated heterocycles. The second-order valence-corrected chi connectivity index (χ2v) is 5.68. The van der Waals surface area contributed by atoms with Gasteiger partial charge in [-0.2, -0.15) is 0 Å². The largest absolute Gasteiger partial charge is 0.338 e. The van der Waals surface area contributed by atoms with Crippen molar-refractivity contribution in [3.8, 4) is 0 Å². The van der Waals surface area contributed by atoms with Crippen LogP contribution in [0.5, 0.6) is 0 Å². The summed E-state index contributed by atoms with van der Waals surface area (Å²) in [4.78, 5) is 13.6. The van der Waals surface area contributed by atoms with Crippen molar-refractivity contribution in [1.29, 1.82) is 0 Å². The molecule has 0 radical (unpaired) electrons. The highest BCUT2D eigenvalue weighted by atomic mass is 127. The zero-order valence-electron chi connectivity index (χ0n) is 8.83. The molecule has 0 spiro atoms. The van der Waals surface area contributed by atoms with Gasteiger partial charge in [0, 0.05) is 29.0 Å². The van der Waals surface area contributed by atoms with Gasteiger partial charge >= 0.3 is 0 Å². The van der Waals surface area contributed by atoms with E-state index in [1.165, 1.54) is 9.13 Å². The Bertz CT molecular complexity index is 379. The molecule has 0 aromatic heterocycles. The van der Waals surface area contributed by atoms with Crippen LogP contribution in [-0.2, 0) is 11.3 Å². The Hall–Kier alpha value is -0.290. The number of alkyl halides is 1.